The molecule has 2 aromatic heterocycles. The third-order valence-corrected chi connectivity index (χ3v) is 5.63. The minimum Gasteiger partial charge on any atom is -0.370 e. The van der Waals surface area contributed by atoms with E-state index in [0.717, 1.165) is 33.9 Å². The topological polar surface area (TPSA) is 50.2 Å². The summed E-state index contributed by atoms with van der Waals surface area (Å²) in [6.07, 6.45) is 0. The van der Waals surface area contributed by atoms with Gasteiger partial charge in [-0.3, -0.25) is 9.48 Å². The molecule has 0 aliphatic heterocycles. The van der Waals surface area contributed by atoms with Gasteiger partial charge in [-0.15, -0.1) is 11.3 Å². The Bertz CT molecular complexity index is 862. The van der Waals surface area contributed by atoms with Crippen molar-refractivity contribution in [3.05, 3.63) is 46.5 Å². The lowest BCUT2D eigenvalue weighted by molar-refractivity contribution is 0.0958. The first kappa shape index (κ1) is 17.5. The van der Waals surface area contributed by atoms with E-state index in [9.17, 15) is 4.79 Å². The summed E-state index contributed by atoms with van der Waals surface area (Å²) in [5.41, 5.74) is 3.44. The van der Waals surface area contributed by atoms with Crippen LogP contribution < -0.4 is 10.2 Å². The summed E-state index contributed by atoms with van der Waals surface area (Å²) in [5.74, 6) is -0.0126. The van der Waals surface area contributed by atoms with Crippen LogP contribution in [0.4, 0.5) is 5.69 Å². The molecule has 5 nitrogen and oxygen atoms in total. The third kappa shape index (κ3) is 3.54. The second-order valence-corrected chi connectivity index (χ2v) is 7.19. The molecule has 1 N–H and O–H groups in total. The van der Waals surface area contributed by atoms with E-state index in [1.807, 2.05) is 30.8 Å². The van der Waals surface area contributed by atoms with Crippen molar-refractivity contribution in [3.8, 4) is 0 Å². The van der Waals surface area contributed by atoms with E-state index >= 15 is 0 Å². The fourth-order valence-corrected chi connectivity index (χ4v) is 4.12. The zero-order valence-electron chi connectivity index (χ0n) is 15.2. The summed E-state index contributed by atoms with van der Waals surface area (Å²) in [6.45, 7) is 8.54. The molecule has 0 saturated heterocycles. The number of anilines is 1. The van der Waals surface area contributed by atoms with Crippen molar-refractivity contribution in [2.75, 3.05) is 24.5 Å². The molecule has 0 unspecified atom stereocenters. The van der Waals surface area contributed by atoms with Crippen LogP contribution in [0.5, 0.6) is 0 Å². The number of carbonyl (C=O) groups excluding carboxylic acids is 1. The highest BCUT2D eigenvalue weighted by Gasteiger charge is 2.15. The lowest BCUT2D eigenvalue weighted by Crippen LogP contribution is -2.35. The number of aryl methyl sites for hydroxylation is 3. The van der Waals surface area contributed by atoms with Gasteiger partial charge >= 0.3 is 0 Å². The first-order chi connectivity index (χ1) is 12.0. The first-order valence-corrected chi connectivity index (χ1v) is 9.34. The highest BCUT2D eigenvalue weighted by Crippen LogP contribution is 2.27. The number of hydrogen-bond acceptors (Lipinski definition) is 4. The van der Waals surface area contributed by atoms with E-state index in [-0.39, 0.29) is 5.91 Å². The molecule has 0 fully saturated rings. The van der Waals surface area contributed by atoms with Crippen molar-refractivity contribution in [3.63, 3.8) is 0 Å². The summed E-state index contributed by atoms with van der Waals surface area (Å²) >= 11 is 1.49. The van der Waals surface area contributed by atoms with Gasteiger partial charge in [-0.1, -0.05) is 18.2 Å². The standard InChI is InChI=1S/C19H24N4OS/c1-5-23(16-9-7-6-8-13(16)2)11-10-20-18(24)17-12-15-14(3)21-22(4)19(15)25-17/h6-9,12H,5,10-11H2,1-4H3,(H,20,24). The van der Waals surface area contributed by atoms with E-state index in [0.29, 0.717) is 6.54 Å². The molecule has 2 heterocycles. The maximum Gasteiger partial charge on any atom is 0.261 e. The van der Waals surface area contributed by atoms with Gasteiger partial charge in [0.2, 0.25) is 0 Å². The number of benzene rings is 1. The predicted octanol–water partition coefficient (Wildman–Crippen LogP) is 3.51. The minimum atomic E-state index is -0.0126. The van der Waals surface area contributed by atoms with E-state index < -0.39 is 0 Å². The predicted molar refractivity (Wildman–Crippen MR) is 105 cm³/mol. The molecule has 25 heavy (non-hydrogen) atoms. The van der Waals surface area contributed by atoms with Gasteiger partial charge in [-0.25, -0.2) is 0 Å². The van der Waals surface area contributed by atoms with Crippen molar-refractivity contribution in [2.24, 2.45) is 7.05 Å². The number of rotatable bonds is 6. The van der Waals surface area contributed by atoms with Gasteiger partial charge in [-0.2, -0.15) is 5.10 Å². The lowest BCUT2D eigenvalue weighted by atomic mass is 10.2. The van der Waals surface area contributed by atoms with Gasteiger partial charge in [0.05, 0.1) is 10.6 Å². The zero-order chi connectivity index (χ0) is 18.0. The Morgan fingerprint density at radius 2 is 2.08 bits per heavy atom. The SMILES string of the molecule is CCN(CCNC(=O)c1cc2c(C)nn(C)c2s1)c1ccccc1C. The number of nitrogens with one attached hydrogen (secondary N) is 1. The Hall–Kier alpha value is -2.34. The number of amides is 1. The molecule has 0 aliphatic carbocycles. The van der Waals surface area contributed by atoms with Crippen molar-refractivity contribution >= 4 is 33.1 Å². The second kappa shape index (κ2) is 7.27. The Labute approximate surface area is 152 Å². The van der Waals surface area contributed by atoms with Crippen molar-refractivity contribution in [1.29, 1.82) is 0 Å². The van der Waals surface area contributed by atoms with Crippen molar-refractivity contribution in [1.82, 2.24) is 15.1 Å². The quantitative estimate of drug-likeness (QED) is 0.735. The smallest absolute Gasteiger partial charge is 0.261 e. The number of aromatic nitrogens is 2. The van der Waals surface area contributed by atoms with Crippen LogP contribution in [0.25, 0.3) is 10.2 Å². The van der Waals surface area contributed by atoms with E-state index in [1.54, 1.807) is 0 Å². The first-order valence-electron chi connectivity index (χ1n) is 8.53. The summed E-state index contributed by atoms with van der Waals surface area (Å²) in [4.78, 5) is 16.5. The molecule has 0 atom stereocenters. The van der Waals surface area contributed by atoms with Gasteiger partial charge < -0.3 is 10.2 Å². The van der Waals surface area contributed by atoms with Gasteiger partial charge in [0.15, 0.2) is 0 Å². The molecule has 0 aliphatic rings. The molecule has 0 spiro atoms. The zero-order valence-corrected chi connectivity index (χ0v) is 16.0. The molecular weight excluding hydrogens is 332 g/mol. The maximum absolute atomic E-state index is 12.5. The Morgan fingerprint density at radius 3 is 2.76 bits per heavy atom. The Balaban J connectivity index is 1.63. The van der Waals surface area contributed by atoms with Crippen LogP contribution in [0.2, 0.25) is 0 Å². The monoisotopic (exact) mass is 356 g/mol. The fraction of sp³-hybridized carbons (Fsp3) is 0.368. The minimum absolute atomic E-state index is 0.0126. The summed E-state index contributed by atoms with van der Waals surface area (Å²) < 4.78 is 1.84. The number of thiophene rings is 1. The Morgan fingerprint density at radius 1 is 1.32 bits per heavy atom. The fourth-order valence-electron chi connectivity index (χ4n) is 3.08. The molecule has 3 rings (SSSR count). The number of hydrogen-bond donors (Lipinski definition) is 1. The number of carbonyl (C=O) groups is 1. The van der Waals surface area contributed by atoms with Gasteiger partial charge in [0.1, 0.15) is 4.83 Å². The van der Waals surface area contributed by atoms with Crippen LogP contribution in [-0.2, 0) is 7.05 Å². The van der Waals surface area contributed by atoms with Crippen LogP contribution in [0.15, 0.2) is 30.3 Å². The van der Waals surface area contributed by atoms with Gasteiger partial charge in [0.25, 0.3) is 5.91 Å². The van der Waals surface area contributed by atoms with Crippen LogP contribution in [-0.4, -0.2) is 35.3 Å². The molecular formula is C19H24N4OS. The molecule has 0 bridgehead atoms. The molecule has 0 radical (unpaired) electrons. The average Bonchev–Trinajstić information content (AvgIpc) is 3.14. The number of nitrogens with zero attached hydrogens (tertiary/aromatic N) is 3. The number of likely N-dealkylation sites (N-methyl/N-ethyl adjacent to an activating group) is 1. The van der Waals surface area contributed by atoms with E-state index in [1.165, 1.54) is 22.6 Å². The van der Waals surface area contributed by atoms with Crippen LogP contribution >= 0.6 is 11.3 Å². The average molecular weight is 356 g/mol. The third-order valence-electron chi connectivity index (χ3n) is 4.43. The van der Waals surface area contributed by atoms with Crippen LogP contribution in [0, 0.1) is 13.8 Å². The molecule has 1 aromatic carbocycles. The highest BCUT2D eigenvalue weighted by molar-refractivity contribution is 7.20. The molecule has 1 amide bonds. The summed E-state index contributed by atoms with van der Waals surface area (Å²) in [7, 11) is 1.91. The lowest BCUT2D eigenvalue weighted by Gasteiger charge is -2.25. The van der Waals surface area contributed by atoms with Gasteiger partial charge in [-0.05, 0) is 38.5 Å². The van der Waals surface area contributed by atoms with E-state index in [4.69, 9.17) is 0 Å². The second-order valence-electron chi connectivity index (χ2n) is 6.16. The normalized spacial score (nSPS) is 11.0. The largest absolute Gasteiger partial charge is 0.370 e. The van der Waals surface area contributed by atoms with Crippen molar-refractivity contribution in [2.45, 2.75) is 20.8 Å². The van der Waals surface area contributed by atoms with Gasteiger partial charge in [0, 0.05) is 37.8 Å². The maximum atomic E-state index is 12.5. The Kier molecular flexibility index (Phi) is 5.08. The van der Waals surface area contributed by atoms with Crippen LogP contribution in [0.3, 0.4) is 0 Å². The van der Waals surface area contributed by atoms with Crippen LogP contribution in [0.1, 0.15) is 27.9 Å². The summed E-state index contributed by atoms with van der Waals surface area (Å²) in [6, 6.07) is 10.3. The molecule has 6 heteroatoms. The number of para-hydroxylation sites is 1. The summed E-state index contributed by atoms with van der Waals surface area (Å²) in [5, 5.41) is 8.48. The molecule has 3 aromatic rings. The highest BCUT2D eigenvalue weighted by atomic mass is 32.1. The molecule has 132 valence electrons. The van der Waals surface area contributed by atoms with E-state index in [2.05, 4.69) is 47.4 Å². The molecule has 0 saturated carbocycles. The van der Waals surface area contributed by atoms with Crippen molar-refractivity contribution < 1.29 is 4.79 Å². The number of fused-ring (bicyclic) bond motifs is 1.